The van der Waals surface area contributed by atoms with E-state index in [0.29, 0.717) is 32.4 Å². The van der Waals surface area contributed by atoms with Crippen LogP contribution in [0.3, 0.4) is 0 Å². The molecule has 280 valence electrons. The van der Waals surface area contributed by atoms with Crippen molar-refractivity contribution in [3.8, 4) is 0 Å². The molecule has 15 heteroatoms. The number of carbonyl (C=O) groups is 5. The van der Waals surface area contributed by atoms with Gasteiger partial charge in [0.25, 0.3) is 0 Å². The number of fused-ring (bicyclic) bond motifs is 1. The summed E-state index contributed by atoms with van der Waals surface area (Å²) in [6.07, 6.45) is 3.46. The van der Waals surface area contributed by atoms with E-state index in [1.165, 1.54) is 4.90 Å². The van der Waals surface area contributed by atoms with Gasteiger partial charge in [0.1, 0.15) is 24.2 Å². The highest BCUT2D eigenvalue weighted by molar-refractivity contribution is 5.96. The average molecular weight is 717 g/mol. The first-order valence-electron chi connectivity index (χ1n) is 17.7. The summed E-state index contributed by atoms with van der Waals surface area (Å²) in [6, 6.07) is 12.2. The summed E-state index contributed by atoms with van der Waals surface area (Å²) >= 11 is 0. The number of hydrogen-bond acceptors (Lipinski definition) is 7. The number of primary amides is 1. The first-order valence-corrected chi connectivity index (χ1v) is 17.7. The Bertz CT molecular complexity index is 1710. The van der Waals surface area contributed by atoms with Gasteiger partial charge in [0.05, 0.1) is 6.04 Å². The van der Waals surface area contributed by atoms with E-state index < -0.39 is 53.8 Å². The number of hydrogen-bond donors (Lipinski definition) is 9. The lowest BCUT2D eigenvalue weighted by Gasteiger charge is -2.41. The number of benzene rings is 2. The lowest BCUT2D eigenvalue weighted by molar-refractivity contribution is -0.149. The summed E-state index contributed by atoms with van der Waals surface area (Å²) in [4.78, 5) is 71.4. The summed E-state index contributed by atoms with van der Waals surface area (Å²) < 4.78 is 0. The highest BCUT2D eigenvalue weighted by Gasteiger charge is 2.41. The van der Waals surface area contributed by atoms with Crippen LogP contribution in [0, 0.1) is 11.3 Å². The number of aromatic amines is 1. The summed E-state index contributed by atoms with van der Waals surface area (Å²) in [5, 5.41) is 22.6. The van der Waals surface area contributed by atoms with Crippen LogP contribution in [0.25, 0.3) is 10.9 Å². The number of H-pyrrole nitrogens is 1. The molecule has 2 heterocycles. The summed E-state index contributed by atoms with van der Waals surface area (Å²) in [5.41, 5.74) is 14.5. The van der Waals surface area contributed by atoms with Crippen LogP contribution in [0.5, 0.6) is 0 Å². The van der Waals surface area contributed by atoms with Crippen molar-refractivity contribution in [2.45, 2.75) is 82.6 Å². The average Bonchev–Trinajstić information content (AvgIpc) is 3.50. The van der Waals surface area contributed by atoms with E-state index in [-0.39, 0.29) is 37.0 Å². The van der Waals surface area contributed by atoms with Crippen LogP contribution in [0.4, 0.5) is 0 Å². The maximum atomic E-state index is 13.8. The van der Waals surface area contributed by atoms with Gasteiger partial charge in [0, 0.05) is 43.7 Å². The van der Waals surface area contributed by atoms with Gasteiger partial charge in [-0.3, -0.25) is 29.4 Å². The summed E-state index contributed by atoms with van der Waals surface area (Å²) in [5.74, 6) is -2.65. The first kappa shape index (κ1) is 39.3. The van der Waals surface area contributed by atoms with Gasteiger partial charge in [-0.2, -0.15) is 0 Å². The highest BCUT2D eigenvalue weighted by Crippen LogP contribution is 2.21. The molecule has 1 aliphatic heterocycles. The Hall–Kier alpha value is -5.44. The number of rotatable bonds is 18. The SMILES string of the molecule is CNC(=N)NCCC[C@H](NC(=O)[C@H](CC(C)C)NC(=O)[C@@H]1CCN1C(=O)[C@@H](N)Cc1ccccc1)C(=O)N[C@@H](Cc1c[nH]c2ccccc12)C(N)=O. The number of nitrogens with two attached hydrogens (primary N) is 2. The minimum absolute atomic E-state index is 0.00563. The number of carbonyl (C=O) groups excluding carboxylic acids is 5. The number of para-hydroxylation sites is 1. The molecule has 15 nitrogen and oxygen atoms in total. The predicted octanol–water partition coefficient (Wildman–Crippen LogP) is 0.391. The van der Waals surface area contributed by atoms with Crippen LogP contribution < -0.4 is 38.1 Å². The fraction of sp³-hybridized carbons (Fsp3) is 0.459. The van der Waals surface area contributed by atoms with Gasteiger partial charge in [-0.15, -0.1) is 0 Å². The number of amides is 5. The van der Waals surface area contributed by atoms with E-state index in [9.17, 15) is 24.0 Å². The quantitative estimate of drug-likeness (QED) is 0.0506. The van der Waals surface area contributed by atoms with Crippen LogP contribution in [0.15, 0.2) is 60.8 Å². The van der Waals surface area contributed by atoms with Crippen LogP contribution in [0.2, 0.25) is 0 Å². The van der Waals surface area contributed by atoms with Crippen molar-refractivity contribution in [3.63, 3.8) is 0 Å². The molecule has 1 aromatic heterocycles. The minimum Gasteiger partial charge on any atom is -0.368 e. The molecular weight excluding hydrogens is 664 g/mol. The number of nitrogens with zero attached hydrogens (tertiary/aromatic N) is 1. The van der Waals surface area contributed by atoms with Crippen LogP contribution in [-0.4, -0.2) is 95.7 Å². The van der Waals surface area contributed by atoms with Gasteiger partial charge in [0.15, 0.2) is 5.96 Å². The van der Waals surface area contributed by atoms with Gasteiger partial charge in [-0.05, 0) is 55.2 Å². The predicted molar refractivity (Wildman–Crippen MR) is 199 cm³/mol. The Morgan fingerprint density at radius 1 is 0.923 bits per heavy atom. The molecule has 0 spiro atoms. The molecular formula is C37H52N10O5. The van der Waals surface area contributed by atoms with Gasteiger partial charge in [-0.25, -0.2) is 0 Å². The van der Waals surface area contributed by atoms with E-state index in [1.807, 2.05) is 68.4 Å². The zero-order chi connectivity index (χ0) is 37.8. The molecule has 0 radical (unpaired) electrons. The van der Waals surface area contributed by atoms with Gasteiger partial charge >= 0.3 is 0 Å². The molecule has 1 aliphatic rings. The van der Waals surface area contributed by atoms with Crippen LogP contribution in [0.1, 0.15) is 50.7 Å². The summed E-state index contributed by atoms with van der Waals surface area (Å²) in [7, 11) is 1.60. The smallest absolute Gasteiger partial charge is 0.243 e. The molecule has 11 N–H and O–H groups in total. The first-order chi connectivity index (χ1) is 24.9. The fourth-order valence-corrected chi connectivity index (χ4v) is 6.23. The number of likely N-dealkylation sites (tertiary alicyclic amines) is 1. The molecule has 1 saturated heterocycles. The molecule has 4 rings (SSSR count). The van der Waals surface area contributed by atoms with Crippen molar-refractivity contribution >= 4 is 46.4 Å². The standard InChI is InChI=1S/C37H52N10O5/c1-22(2)18-30(46-35(51)31-15-17-47(31)36(52)26(38)19-23-10-5-4-6-11-23)34(50)44-28(14-9-16-42-37(40)41-3)33(49)45-29(32(39)48)20-24-21-43-27-13-8-7-12-25(24)27/h4-8,10-13,21-22,26,28-31,43H,9,14-20,38H2,1-3H3,(H2,39,48)(H,44,50)(H,45,49)(H,46,51)(H3,40,41,42)/t26-,28-,29-,30-,31-/m0/s1. The van der Waals surface area contributed by atoms with Crippen molar-refractivity contribution in [3.05, 3.63) is 71.9 Å². The number of nitrogens with one attached hydrogen (secondary N) is 7. The Balaban J connectivity index is 1.44. The van der Waals surface area contributed by atoms with Crippen molar-refractivity contribution in [1.29, 1.82) is 5.41 Å². The van der Waals surface area contributed by atoms with Crippen LogP contribution in [-0.2, 0) is 36.8 Å². The Kier molecular flexibility index (Phi) is 14.1. The third kappa shape index (κ3) is 10.8. The van der Waals surface area contributed by atoms with Gasteiger partial charge in [-0.1, -0.05) is 62.4 Å². The third-order valence-electron chi connectivity index (χ3n) is 9.17. The lowest BCUT2D eigenvalue weighted by atomic mass is 9.96. The van der Waals surface area contributed by atoms with Crippen molar-refractivity contribution in [1.82, 2.24) is 36.5 Å². The maximum absolute atomic E-state index is 13.8. The Morgan fingerprint density at radius 2 is 1.60 bits per heavy atom. The molecule has 0 aliphatic carbocycles. The second-order valence-electron chi connectivity index (χ2n) is 13.6. The molecule has 0 bridgehead atoms. The normalized spacial score (nSPS) is 16.2. The second kappa shape index (κ2) is 18.7. The van der Waals surface area contributed by atoms with E-state index in [1.54, 1.807) is 13.2 Å². The molecule has 3 aromatic rings. The highest BCUT2D eigenvalue weighted by atomic mass is 16.2. The van der Waals surface area contributed by atoms with Crippen molar-refractivity contribution in [2.24, 2.45) is 17.4 Å². The van der Waals surface area contributed by atoms with E-state index >= 15 is 0 Å². The molecule has 2 aromatic carbocycles. The van der Waals surface area contributed by atoms with Crippen molar-refractivity contribution in [2.75, 3.05) is 20.1 Å². The molecule has 0 saturated carbocycles. The largest absolute Gasteiger partial charge is 0.368 e. The monoisotopic (exact) mass is 716 g/mol. The van der Waals surface area contributed by atoms with Crippen LogP contribution >= 0.6 is 0 Å². The topological polar surface area (TPSA) is 240 Å². The molecule has 52 heavy (non-hydrogen) atoms. The lowest BCUT2D eigenvalue weighted by Crippen LogP contribution is -2.64. The molecule has 5 amide bonds. The third-order valence-corrected chi connectivity index (χ3v) is 9.17. The zero-order valence-corrected chi connectivity index (χ0v) is 30.0. The second-order valence-corrected chi connectivity index (χ2v) is 13.6. The fourth-order valence-electron chi connectivity index (χ4n) is 6.23. The van der Waals surface area contributed by atoms with E-state index in [0.717, 1.165) is 22.0 Å². The van der Waals surface area contributed by atoms with Gasteiger partial charge < -0.3 is 47.9 Å². The number of guanidine groups is 1. The Labute approximate surface area is 303 Å². The van der Waals surface area contributed by atoms with E-state index in [4.69, 9.17) is 16.9 Å². The van der Waals surface area contributed by atoms with Gasteiger partial charge in [0.2, 0.25) is 29.5 Å². The molecule has 0 unspecified atom stereocenters. The minimum atomic E-state index is -1.09. The van der Waals surface area contributed by atoms with Crippen molar-refractivity contribution < 1.29 is 24.0 Å². The van der Waals surface area contributed by atoms with E-state index in [2.05, 4.69) is 31.6 Å². The number of aromatic nitrogens is 1. The Morgan fingerprint density at radius 3 is 2.25 bits per heavy atom. The maximum Gasteiger partial charge on any atom is 0.243 e. The zero-order valence-electron chi connectivity index (χ0n) is 30.0. The molecule has 5 atom stereocenters. The molecule has 1 fully saturated rings. The summed E-state index contributed by atoms with van der Waals surface area (Å²) in [6.45, 7) is 4.52.